The van der Waals surface area contributed by atoms with Gasteiger partial charge in [-0.15, -0.1) is 0 Å². The predicted molar refractivity (Wildman–Crippen MR) is 90.3 cm³/mol. The van der Waals surface area contributed by atoms with Crippen LogP contribution in [0.5, 0.6) is 0 Å². The molecule has 1 fully saturated rings. The molecule has 1 saturated carbocycles. The van der Waals surface area contributed by atoms with Gasteiger partial charge in [-0.3, -0.25) is 4.99 Å². The molecule has 4 nitrogen and oxygen atoms in total. The van der Waals surface area contributed by atoms with Crippen LogP contribution < -0.4 is 10.6 Å². The maximum atomic E-state index is 5.90. The Labute approximate surface area is 133 Å². The second kappa shape index (κ2) is 6.69. The number of nitrogens with zero attached hydrogens (tertiary/aromatic N) is 1. The molecular weight excluding hydrogens is 274 g/mol. The van der Waals surface area contributed by atoms with E-state index >= 15 is 0 Å². The van der Waals surface area contributed by atoms with Crippen LogP contribution >= 0.6 is 0 Å². The first-order valence-electron chi connectivity index (χ1n) is 8.36. The van der Waals surface area contributed by atoms with E-state index < -0.39 is 0 Å². The number of ether oxygens (including phenoxy) is 1. The van der Waals surface area contributed by atoms with E-state index in [9.17, 15) is 0 Å². The molecule has 1 unspecified atom stereocenters. The highest BCUT2D eigenvalue weighted by atomic mass is 16.5. The number of aliphatic imine (C=N–C) groups is 1. The topological polar surface area (TPSA) is 45.6 Å². The van der Waals surface area contributed by atoms with E-state index in [4.69, 9.17) is 4.74 Å². The lowest BCUT2D eigenvalue weighted by Crippen LogP contribution is -2.49. The monoisotopic (exact) mass is 301 g/mol. The molecular formula is C18H27N3O. The normalized spacial score (nSPS) is 31.5. The van der Waals surface area contributed by atoms with Gasteiger partial charge in [-0.25, -0.2) is 0 Å². The van der Waals surface area contributed by atoms with Gasteiger partial charge in [0.1, 0.15) is 0 Å². The molecule has 1 heterocycles. The minimum atomic E-state index is -0.0543. The summed E-state index contributed by atoms with van der Waals surface area (Å²) in [7, 11) is 1.84. The van der Waals surface area contributed by atoms with Crippen molar-refractivity contribution in [1.82, 2.24) is 10.6 Å². The SMILES string of the molecule is COC1(CNC2=NCC(C)N2)CCC(c2ccccc2)CC1. The minimum Gasteiger partial charge on any atom is -0.376 e. The van der Waals surface area contributed by atoms with Crippen LogP contribution in [0.15, 0.2) is 35.3 Å². The van der Waals surface area contributed by atoms with Crippen molar-refractivity contribution < 1.29 is 4.74 Å². The van der Waals surface area contributed by atoms with Crippen molar-refractivity contribution in [3.8, 4) is 0 Å². The van der Waals surface area contributed by atoms with Crippen molar-refractivity contribution in [3.05, 3.63) is 35.9 Å². The van der Waals surface area contributed by atoms with Crippen LogP contribution in [0.3, 0.4) is 0 Å². The second-order valence-electron chi connectivity index (χ2n) is 6.66. The zero-order valence-electron chi connectivity index (χ0n) is 13.6. The van der Waals surface area contributed by atoms with Crippen LogP contribution in [-0.4, -0.2) is 37.8 Å². The van der Waals surface area contributed by atoms with Crippen LogP contribution in [-0.2, 0) is 4.74 Å². The number of rotatable bonds is 4. The average Bonchev–Trinajstić information content (AvgIpc) is 3.00. The minimum absolute atomic E-state index is 0.0543. The number of hydrogen-bond donors (Lipinski definition) is 2. The number of benzene rings is 1. The first kappa shape index (κ1) is 15.3. The Hall–Kier alpha value is -1.55. The third-order valence-corrected chi connectivity index (χ3v) is 5.09. The lowest BCUT2D eigenvalue weighted by Gasteiger charge is -2.39. The number of guanidine groups is 1. The van der Waals surface area contributed by atoms with Crippen LogP contribution in [0.1, 0.15) is 44.1 Å². The Morgan fingerprint density at radius 2 is 2.00 bits per heavy atom. The van der Waals surface area contributed by atoms with Crippen molar-refractivity contribution in [2.24, 2.45) is 4.99 Å². The molecule has 4 heteroatoms. The smallest absolute Gasteiger partial charge is 0.191 e. The molecule has 0 bridgehead atoms. The first-order valence-corrected chi connectivity index (χ1v) is 8.36. The van der Waals surface area contributed by atoms with Crippen LogP contribution in [0.4, 0.5) is 0 Å². The Morgan fingerprint density at radius 3 is 2.59 bits per heavy atom. The summed E-state index contributed by atoms with van der Waals surface area (Å²) in [4.78, 5) is 4.47. The fourth-order valence-electron chi connectivity index (χ4n) is 3.56. The van der Waals surface area contributed by atoms with Crippen LogP contribution in [0.25, 0.3) is 0 Å². The molecule has 22 heavy (non-hydrogen) atoms. The van der Waals surface area contributed by atoms with Gasteiger partial charge in [-0.2, -0.15) is 0 Å². The molecule has 1 atom stereocenters. The summed E-state index contributed by atoms with van der Waals surface area (Å²) >= 11 is 0. The fraction of sp³-hybridized carbons (Fsp3) is 0.611. The molecule has 2 aliphatic rings. The van der Waals surface area contributed by atoms with E-state index in [0.29, 0.717) is 12.0 Å². The van der Waals surface area contributed by atoms with Gasteiger partial charge < -0.3 is 15.4 Å². The maximum absolute atomic E-state index is 5.90. The van der Waals surface area contributed by atoms with Crippen LogP contribution in [0, 0.1) is 0 Å². The van der Waals surface area contributed by atoms with E-state index in [0.717, 1.165) is 31.9 Å². The van der Waals surface area contributed by atoms with E-state index in [-0.39, 0.29) is 5.60 Å². The molecule has 120 valence electrons. The summed E-state index contributed by atoms with van der Waals surface area (Å²) < 4.78 is 5.90. The van der Waals surface area contributed by atoms with Gasteiger partial charge in [0.25, 0.3) is 0 Å². The molecule has 1 aromatic carbocycles. The molecule has 1 aliphatic carbocycles. The summed E-state index contributed by atoms with van der Waals surface area (Å²) in [6.45, 7) is 3.84. The largest absolute Gasteiger partial charge is 0.376 e. The Morgan fingerprint density at radius 1 is 1.27 bits per heavy atom. The molecule has 1 aliphatic heterocycles. The zero-order chi connectivity index (χ0) is 15.4. The molecule has 2 N–H and O–H groups in total. The molecule has 0 radical (unpaired) electrons. The van der Waals surface area contributed by atoms with Crippen molar-refractivity contribution >= 4 is 5.96 Å². The Kier molecular flexibility index (Phi) is 4.67. The van der Waals surface area contributed by atoms with E-state index in [2.05, 4.69) is 52.9 Å². The van der Waals surface area contributed by atoms with Gasteiger partial charge in [-0.05, 0) is 44.1 Å². The van der Waals surface area contributed by atoms with Crippen molar-refractivity contribution in [1.29, 1.82) is 0 Å². The Balaban J connectivity index is 1.55. The highest BCUT2D eigenvalue weighted by Crippen LogP contribution is 2.39. The van der Waals surface area contributed by atoms with Crippen LogP contribution in [0.2, 0.25) is 0 Å². The van der Waals surface area contributed by atoms with Gasteiger partial charge in [0, 0.05) is 19.7 Å². The number of methoxy groups -OCH3 is 1. The zero-order valence-corrected chi connectivity index (χ0v) is 13.6. The third-order valence-electron chi connectivity index (χ3n) is 5.09. The first-order chi connectivity index (χ1) is 10.7. The standard InChI is InChI=1S/C18H27N3O/c1-14-12-19-17(21-14)20-13-18(22-2)10-8-16(9-11-18)15-6-4-3-5-7-15/h3-7,14,16H,8-13H2,1-2H3,(H2,19,20,21). The number of nitrogens with one attached hydrogen (secondary N) is 2. The third kappa shape index (κ3) is 3.43. The fourth-order valence-corrected chi connectivity index (χ4v) is 3.56. The van der Waals surface area contributed by atoms with Crippen molar-refractivity contribution in [2.45, 2.75) is 50.2 Å². The summed E-state index contributed by atoms with van der Waals surface area (Å²) in [6, 6.07) is 11.3. The van der Waals surface area contributed by atoms with Crippen molar-refractivity contribution in [2.75, 3.05) is 20.2 Å². The molecule has 3 rings (SSSR count). The van der Waals surface area contributed by atoms with E-state index in [1.807, 2.05) is 7.11 Å². The highest BCUT2D eigenvalue weighted by Gasteiger charge is 2.36. The molecule has 0 spiro atoms. The highest BCUT2D eigenvalue weighted by molar-refractivity contribution is 5.81. The predicted octanol–water partition coefficient (Wildman–Crippen LogP) is 2.67. The summed E-state index contributed by atoms with van der Waals surface area (Å²) in [5.74, 6) is 1.60. The molecule has 0 aromatic heterocycles. The van der Waals surface area contributed by atoms with Gasteiger partial charge in [0.15, 0.2) is 5.96 Å². The molecule has 0 amide bonds. The number of hydrogen-bond acceptors (Lipinski definition) is 4. The summed E-state index contributed by atoms with van der Waals surface area (Å²) in [5.41, 5.74) is 1.41. The maximum Gasteiger partial charge on any atom is 0.191 e. The average molecular weight is 301 g/mol. The van der Waals surface area contributed by atoms with Gasteiger partial charge in [0.05, 0.1) is 12.1 Å². The van der Waals surface area contributed by atoms with Gasteiger partial charge in [-0.1, -0.05) is 30.3 Å². The lowest BCUT2D eigenvalue weighted by atomic mass is 9.76. The Bertz CT molecular complexity index is 506. The summed E-state index contributed by atoms with van der Waals surface area (Å²) in [5, 5.41) is 6.79. The van der Waals surface area contributed by atoms with E-state index in [1.165, 1.54) is 18.4 Å². The van der Waals surface area contributed by atoms with Crippen molar-refractivity contribution in [3.63, 3.8) is 0 Å². The summed E-state index contributed by atoms with van der Waals surface area (Å²) in [6.07, 6.45) is 4.57. The quantitative estimate of drug-likeness (QED) is 0.899. The van der Waals surface area contributed by atoms with E-state index in [1.54, 1.807) is 0 Å². The van der Waals surface area contributed by atoms with Gasteiger partial charge in [0.2, 0.25) is 0 Å². The lowest BCUT2D eigenvalue weighted by molar-refractivity contribution is -0.0383. The second-order valence-corrected chi connectivity index (χ2v) is 6.66. The van der Waals surface area contributed by atoms with Gasteiger partial charge >= 0.3 is 0 Å². The molecule has 1 aromatic rings. The molecule has 0 saturated heterocycles.